The zero-order chi connectivity index (χ0) is 18.1. The first-order chi connectivity index (χ1) is 12.7. The van der Waals surface area contributed by atoms with Crippen LogP contribution in [0, 0.1) is 6.92 Å². The number of benzene rings is 2. The van der Waals surface area contributed by atoms with Crippen LogP contribution < -0.4 is 10.2 Å². The fourth-order valence-corrected chi connectivity index (χ4v) is 3.60. The molecular weight excluding hydrogens is 326 g/mol. The zero-order valence-electron chi connectivity index (χ0n) is 15.2. The molecule has 134 valence electrons. The molecule has 1 amide bonds. The smallest absolute Gasteiger partial charge is 0.255 e. The standard InChI is InChI=1S/C20H23N5O/c1-3-25-19-8-6-15(13-17(19)22-23-25)20(26)21-16-7-9-18(14(2)12-16)24-10-4-5-11-24/h6-9,12-13H,3-5,10-11H2,1-2H3,(H,21,26). The summed E-state index contributed by atoms with van der Waals surface area (Å²) in [5.41, 5.74) is 5.52. The first-order valence-corrected chi connectivity index (χ1v) is 9.16. The Morgan fingerprint density at radius 3 is 2.69 bits per heavy atom. The van der Waals surface area contributed by atoms with Crippen LogP contribution in [0.4, 0.5) is 11.4 Å². The van der Waals surface area contributed by atoms with Crippen molar-refractivity contribution in [1.82, 2.24) is 15.0 Å². The molecule has 0 atom stereocenters. The van der Waals surface area contributed by atoms with Crippen LogP contribution in [0.1, 0.15) is 35.7 Å². The van der Waals surface area contributed by atoms with Gasteiger partial charge in [-0.05, 0) is 68.7 Å². The van der Waals surface area contributed by atoms with Crippen molar-refractivity contribution in [2.45, 2.75) is 33.2 Å². The zero-order valence-corrected chi connectivity index (χ0v) is 15.2. The maximum absolute atomic E-state index is 12.6. The molecule has 0 radical (unpaired) electrons. The predicted molar refractivity (Wildman–Crippen MR) is 104 cm³/mol. The minimum atomic E-state index is -0.133. The highest BCUT2D eigenvalue weighted by atomic mass is 16.1. The molecule has 6 heteroatoms. The van der Waals surface area contributed by atoms with Crippen LogP contribution in [0.3, 0.4) is 0 Å². The number of carbonyl (C=O) groups excluding carboxylic acids is 1. The number of fused-ring (bicyclic) bond motifs is 1. The molecule has 1 aromatic heterocycles. The van der Waals surface area contributed by atoms with E-state index >= 15 is 0 Å². The fraction of sp³-hybridized carbons (Fsp3) is 0.350. The van der Waals surface area contributed by atoms with Gasteiger partial charge in [-0.2, -0.15) is 0 Å². The second-order valence-corrected chi connectivity index (χ2v) is 6.76. The van der Waals surface area contributed by atoms with Gasteiger partial charge in [-0.25, -0.2) is 4.68 Å². The number of amides is 1. The lowest BCUT2D eigenvalue weighted by atomic mass is 10.1. The van der Waals surface area contributed by atoms with Crippen molar-refractivity contribution in [2.75, 3.05) is 23.3 Å². The molecule has 6 nitrogen and oxygen atoms in total. The largest absolute Gasteiger partial charge is 0.371 e. The molecule has 0 unspecified atom stereocenters. The van der Waals surface area contributed by atoms with Crippen LogP contribution in [0.25, 0.3) is 11.0 Å². The van der Waals surface area contributed by atoms with E-state index in [2.05, 4.69) is 33.5 Å². The second-order valence-electron chi connectivity index (χ2n) is 6.76. The van der Waals surface area contributed by atoms with E-state index in [1.54, 1.807) is 6.07 Å². The Labute approximate surface area is 152 Å². The first-order valence-electron chi connectivity index (χ1n) is 9.16. The van der Waals surface area contributed by atoms with Crippen LogP contribution in [0.2, 0.25) is 0 Å². The van der Waals surface area contributed by atoms with E-state index in [4.69, 9.17) is 0 Å². The summed E-state index contributed by atoms with van der Waals surface area (Å²) in [6, 6.07) is 11.6. The first kappa shape index (κ1) is 16.6. The van der Waals surface area contributed by atoms with Crippen molar-refractivity contribution >= 4 is 28.3 Å². The lowest BCUT2D eigenvalue weighted by Gasteiger charge is -2.20. The molecule has 0 bridgehead atoms. The fourth-order valence-electron chi connectivity index (χ4n) is 3.60. The van der Waals surface area contributed by atoms with Gasteiger partial charge < -0.3 is 10.2 Å². The van der Waals surface area contributed by atoms with Gasteiger partial charge in [-0.15, -0.1) is 5.10 Å². The molecule has 0 saturated carbocycles. The van der Waals surface area contributed by atoms with Gasteiger partial charge in [-0.1, -0.05) is 5.21 Å². The van der Waals surface area contributed by atoms with Crippen LogP contribution in [0.5, 0.6) is 0 Å². The Hall–Kier alpha value is -2.89. The van der Waals surface area contributed by atoms with Crippen LogP contribution in [0.15, 0.2) is 36.4 Å². The highest BCUT2D eigenvalue weighted by Gasteiger charge is 2.15. The molecule has 2 aromatic carbocycles. The monoisotopic (exact) mass is 349 g/mol. The average molecular weight is 349 g/mol. The maximum Gasteiger partial charge on any atom is 0.255 e. The number of rotatable bonds is 4. The molecule has 3 aromatic rings. The number of aromatic nitrogens is 3. The van der Waals surface area contributed by atoms with Crippen LogP contribution >= 0.6 is 0 Å². The summed E-state index contributed by atoms with van der Waals surface area (Å²) in [5.74, 6) is -0.133. The number of aryl methyl sites for hydroxylation is 2. The Balaban J connectivity index is 1.53. The van der Waals surface area contributed by atoms with Gasteiger partial charge in [-0.3, -0.25) is 4.79 Å². The van der Waals surface area contributed by atoms with Crippen LogP contribution in [-0.4, -0.2) is 34.0 Å². The van der Waals surface area contributed by atoms with Crippen molar-refractivity contribution < 1.29 is 4.79 Å². The molecule has 0 aliphatic carbocycles. The average Bonchev–Trinajstić information content (AvgIpc) is 3.30. The summed E-state index contributed by atoms with van der Waals surface area (Å²) in [6.45, 7) is 7.10. The molecule has 1 aliphatic rings. The molecule has 1 aliphatic heterocycles. The second kappa shape index (κ2) is 6.78. The van der Waals surface area contributed by atoms with E-state index in [9.17, 15) is 4.79 Å². The van der Waals surface area contributed by atoms with E-state index in [1.807, 2.05) is 35.9 Å². The van der Waals surface area contributed by atoms with Crippen molar-refractivity contribution in [3.63, 3.8) is 0 Å². The van der Waals surface area contributed by atoms with Crippen LogP contribution in [-0.2, 0) is 6.54 Å². The van der Waals surface area contributed by atoms with Crippen molar-refractivity contribution in [2.24, 2.45) is 0 Å². The third-order valence-electron chi connectivity index (χ3n) is 4.98. The number of hydrogen-bond acceptors (Lipinski definition) is 4. The van der Waals surface area contributed by atoms with E-state index < -0.39 is 0 Å². The Bertz CT molecular complexity index is 956. The molecule has 1 N–H and O–H groups in total. The minimum absolute atomic E-state index is 0.133. The summed E-state index contributed by atoms with van der Waals surface area (Å²) >= 11 is 0. The highest BCUT2D eigenvalue weighted by molar-refractivity contribution is 6.06. The number of nitrogens with zero attached hydrogens (tertiary/aromatic N) is 4. The molecule has 4 rings (SSSR count). The molecule has 2 heterocycles. The van der Waals surface area contributed by atoms with Crippen molar-refractivity contribution in [3.8, 4) is 0 Å². The number of nitrogens with one attached hydrogen (secondary N) is 1. The molecule has 1 saturated heterocycles. The van der Waals surface area contributed by atoms with E-state index in [-0.39, 0.29) is 5.91 Å². The lowest BCUT2D eigenvalue weighted by molar-refractivity contribution is 0.102. The van der Waals surface area contributed by atoms with Gasteiger partial charge in [0.15, 0.2) is 0 Å². The molecule has 1 fully saturated rings. The molecule has 26 heavy (non-hydrogen) atoms. The quantitative estimate of drug-likeness (QED) is 0.781. The van der Waals surface area contributed by atoms with Gasteiger partial charge in [0.2, 0.25) is 0 Å². The molecular formula is C20H23N5O. The van der Waals surface area contributed by atoms with Gasteiger partial charge in [0.25, 0.3) is 5.91 Å². The summed E-state index contributed by atoms with van der Waals surface area (Å²) in [7, 11) is 0. The summed E-state index contributed by atoms with van der Waals surface area (Å²) in [5, 5.41) is 11.2. The molecule has 0 spiro atoms. The third kappa shape index (κ3) is 3.03. The third-order valence-corrected chi connectivity index (χ3v) is 4.98. The number of hydrogen-bond donors (Lipinski definition) is 1. The summed E-state index contributed by atoms with van der Waals surface area (Å²) in [4.78, 5) is 15.0. The number of carbonyl (C=O) groups is 1. The SMILES string of the molecule is CCn1nnc2cc(C(=O)Nc3ccc(N4CCCC4)c(C)c3)ccc21. The van der Waals surface area contributed by atoms with E-state index in [1.165, 1.54) is 24.1 Å². The van der Waals surface area contributed by atoms with Crippen molar-refractivity contribution in [1.29, 1.82) is 0 Å². The van der Waals surface area contributed by atoms with Gasteiger partial charge >= 0.3 is 0 Å². The Morgan fingerprint density at radius 1 is 1.15 bits per heavy atom. The Morgan fingerprint density at radius 2 is 1.96 bits per heavy atom. The van der Waals surface area contributed by atoms with Gasteiger partial charge in [0.05, 0.1) is 5.52 Å². The minimum Gasteiger partial charge on any atom is -0.371 e. The summed E-state index contributed by atoms with van der Waals surface area (Å²) < 4.78 is 1.82. The highest BCUT2D eigenvalue weighted by Crippen LogP contribution is 2.27. The predicted octanol–water partition coefficient (Wildman–Crippen LogP) is 3.61. The normalized spacial score (nSPS) is 14.2. The van der Waals surface area contributed by atoms with Crippen molar-refractivity contribution in [3.05, 3.63) is 47.5 Å². The summed E-state index contributed by atoms with van der Waals surface area (Å²) in [6.07, 6.45) is 2.51. The topological polar surface area (TPSA) is 63.1 Å². The maximum atomic E-state index is 12.6. The van der Waals surface area contributed by atoms with E-state index in [0.29, 0.717) is 5.56 Å². The Kier molecular flexibility index (Phi) is 4.32. The van der Waals surface area contributed by atoms with Gasteiger partial charge in [0, 0.05) is 36.6 Å². The number of anilines is 2. The van der Waals surface area contributed by atoms with E-state index in [0.717, 1.165) is 36.4 Å². The van der Waals surface area contributed by atoms with Gasteiger partial charge in [0.1, 0.15) is 5.52 Å². The lowest BCUT2D eigenvalue weighted by Crippen LogP contribution is -2.19.